The number of nitrogens with one attached hydrogen (secondary N) is 5. The lowest BCUT2D eigenvalue weighted by Gasteiger charge is -2.42. The smallest absolute Gasteiger partial charge is 0.280 e. The number of fused-ring (bicyclic) bond motifs is 1. The number of aromatic amines is 1. The number of imidazole rings is 1. The van der Waals surface area contributed by atoms with Crippen LogP contribution in [0.4, 0.5) is 5.95 Å². The number of nitrogens with two attached hydrogens (primary N) is 1. The van der Waals surface area contributed by atoms with E-state index in [1.165, 1.54) is 11.5 Å². The number of unbranched alkanes of at least 4 members (excludes halogenated alkanes) is 1. The van der Waals surface area contributed by atoms with Crippen molar-refractivity contribution in [1.82, 2.24) is 40.8 Å². The summed E-state index contributed by atoms with van der Waals surface area (Å²) in [5.74, 6) is -3.26. The Balaban J connectivity index is 1.17. The Morgan fingerprint density at radius 1 is 0.932 bits per heavy atom. The van der Waals surface area contributed by atoms with Crippen LogP contribution >= 0.6 is 0 Å². The largest absolute Gasteiger partial charge is 0.394 e. The van der Waals surface area contributed by atoms with Crippen molar-refractivity contribution in [3.8, 4) is 0 Å². The zero-order valence-corrected chi connectivity index (χ0v) is 31.9. The van der Waals surface area contributed by atoms with Gasteiger partial charge in [0.1, 0.15) is 73.6 Å². The van der Waals surface area contributed by atoms with Gasteiger partial charge in [-0.1, -0.05) is 0 Å². The van der Waals surface area contributed by atoms with Crippen molar-refractivity contribution in [2.45, 2.75) is 125 Å². The molecule has 0 radical (unpaired) electrons. The van der Waals surface area contributed by atoms with Gasteiger partial charge >= 0.3 is 0 Å². The molecule has 3 fully saturated rings. The molecule has 59 heavy (non-hydrogen) atoms. The minimum atomic E-state index is -1.85. The van der Waals surface area contributed by atoms with Crippen LogP contribution in [0.2, 0.25) is 0 Å². The van der Waals surface area contributed by atoms with Gasteiger partial charge in [-0.05, 0) is 26.2 Å². The van der Waals surface area contributed by atoms with Gasteiger partial charge in [0.2, 0.25) is 23.7 Å². The molecule has 5 rings (SSSR count). The molecule has 0 spiro atoms. The van der Waals surface area contributed by atoms with E-state index in [1.54, 1.807) is 0 Å². The lowest BCUT2D eigenvalue weighted by molar-refractivity contribution is -0.268. The van der Waals surface area contributed by atoms with Crippen LogP contribution in [-0.4, -0.2) is 196 Å². The number of carbonyl (C=O) groups is 4. The van der Waals surface area contributed by atoms with E-state index in [-0.39, 0.29) is 42.9 Å². The average Bonchev–Trinajstić information content (AvgIpc) is 3.74. The highest BCUT2D eigenvalue weighted by atomic mass is 16.7. The second-order valence-electron chi connectivity index (χ2n) is 14.5. The molecule has 2 aromatic heterocycles. The second-order valence-corrected chi connectivity index (χ2v) is 14.5. The SMILES string of the molecule is CC(=O)N[C@H]1[C@H](OCC(=O)NCCCC[C@H](NC(=O)[C@H]2O[C@@H](C)[C@@H](O)[C@@H](O)[C@@H]2O)C(=O)NC[C@H]2O[C@@H](n3cnc4c(=O)[nH]c(N)nc43)[C@H](O)[C@@H]2O)O[C@H](CO)[C@@H](O)[C@@H]1O. The summed E-state index contributed by atoms with van der Waals surface area (Å²) >= 11 is 0. The van der Waals surface area contributed by atoms with Crippen LogP contribution < -0.4 is 32.6 Å². The van der Waals surface area contributed by atoms with E-state index in [1.807, 2.05) is 0 Å². The third-order valence-corrected chi connectivity index (χ3v) is 10.2. The number of aliphatic hydroxyl groups excluding tert-OH is 8. The maximum atomic E-state index is 13.5. The second kappa shape index (κ2) is 19.7. The van der Waals surface area contributed by atoms with Gasteiger partial charge in [0.05, 0.1) is 19.0 Å². The van der Waals surface area contributed by atoms with Gasteiger partial charge in [-0.3, -0.25) is 33.5 Å². The van der Waals surface area contributed by atoms with Crippen LogP contribution in [0.3, 0.4) is 0 Å². The molecule has 0 aromatic carbocycles. The maximum absolute atomic E-state index is 13.5. The quantitative estimate of drug-likeness (QED) is 0.0698. The summed E-state index contributed by atoms with van der Waals surface area (Å²) in [6.07, 6.45) is -17.7. The molecular formula is C33H51N9O17. The summed E-state index contributed by atoms with van der Waals surface area (Å²) in [5, 5.41) is 92.3. The Hall–Kier alpha value is -4.45. The Kier molecular flexibility index (Phi) is 15.3. The lowest BCUT2D eigenvalue weighted by atomic mass is 9.95. The molecule has 15 atom stereocenters. The summed E-state index contributed by atoms with van der Waals surface area (Å²) in [5.41, 5.74) is 4.85. The van der Waals surface area contributed by atoms with Gasteiger partial charge in [-0.25, -0.2) is 4.98 Å². The summed E-state index contributed by atoms with van der Waals surface area (Å²) in [6, 6.07) is -2.59. The van der Waals surface area contributed by atoms with Crippen LogP contribution in [-0.2, 0) is 38.1 Å². The number of nitrogens with zero attached hydrogens (tertiary/aromatic N) is 3. The molecule has 5 heterocycles. The van der Waals surface area contributed by atoms with Crippen molar-refractivity contribution in [2.24, 2.45) is 0 Å². The molecule has 3 saturated heterocycles. The van der Waals surface area contributed by atoms with E-state index >= 15 is 0 Å². The molecular weight excluding hydrogens is 794 g/mol. The Morgan fingerprint density at radius 3 is 2.34 bits per heavy atom. The fourth-order valence-corrected chi connectivity index (χ4v) is 6.89. The average molecular weight is 846 g/mol. The Labute approximate surface area is 334 Å². The molecule has 4 amide bonds. The number of carbonyl (C=O) groups excluding carboxylic acids is 4. The molecule has 3 aliphatic heterocycles. The first-order valence-electron chi connectivity index (χ1n) is 18.7. The third kappa shape index (κ3) is 10.5. The highest BCUT2D eigenvalue weighted by Crippen LogP contribution is 2.31. The van der Waals surface area contributed by atoms with Crippen LogP contribution in [0.1, 0.15) is 39.3 Å². The summed E-state index contributed by atoms with van der Waals surface area (Å²) in [6.45, 7) is 0.870. The fraction of sp³-hybridized carbons (Fsp3) is 0.727. The highest BCUT2D eigenvalue weighted by Gasteiger charge is 2.48. The summed E-state index contributed by atoms with van der Waals surface area (Å²) in [7, 11) is 0. The van der Waals surface area contributed by atoms with Crippen LogP contribution in [0.25, 0.3) is 11.2 Å². The number of anilines is 1. The van der Waals surface area contributed by atoms with Gasteiger partial charge < -0.3 is 86.8 Å². The summed E-state index contributed by atoms with van der Waals surface area (Å²) in [4.78, 5) is 73.6. The number of amides is 4. The van der Waals surface area contributed by atoms with E-state index in [4.69, 9.17) is 24.7 Å². The van der Waals surface area contributed by atoms with Crippen LogP contribution in [0.5, 0.6) is 0 Å². The van der Waals surface area contributed by atoms with Crippen molar-refractivity contribution in [3.63, 3.8) is 0 Å². The number of H-pyrrole nitrogens is 1. The zero-order chi connectivity index (χ0) is 43.3. The predicted molar refractivity (Wildman–Crippen MR) is 194 cm³/mol. The van der Waals surface area contributed by atoms with Gasteiger partial charge in [-0.2, -0.15) is 4.98 Å². The van der Waals surface area contributed by atoms with Gasteiger partial charge in [0.25, 0.3) is 11.5 Å². The molecule has 0 unspecified atom stereocenters. The maximum Gasteiger partial charge on any atom is 0.280 e. The van der Waals surface area contributed by atoms with Crippen molar-refractivity contribution in [2.75, 3.05) is 32.0 Å². The van der Waals surface area contributed by atoms with Crippen molar-refractivity contribution in [3.05, 3.63) is 16.7 Å². The van der Waals surface area contributed by atoms with Gasteiger partial charge in [-0.15, -0.1) is 0 Å². The van der Waals surface area contributed by atoms with E-state index in [0.29, 0.717) is 0 Å². The number of nitrogen functional groups attached to an aromatic ring is 1. The van der Waals surface area contributed by atoms with Crippen molar-refractivity contribution in [1.29, 1.82) is 0 Å². The molecule has 0 saturated carbocycles. The molecule has 0 bridgehead atoms. The molecule has 15 N–H and O–H groups in total. The predicted octanol–water partition coefficient (Wildman–Crippen LogP) is -7.96. The number of hydrogen-bond donors (Lipinski definition) is 14. The van der Waals surface area contributed by atoms with Crippen LogP contribution in [0.15, 0.2) is 11.1 Å². The first-order valence-corrected chi connectivity index (χ1v) is 18.7. The Morgan fingerprint density at radius 2 is 1.64 bits per heavy atom. The monoisotopic (exact) mass is 845 g/mol. The van der Waals surface area contributed by atoms with Crippen molar-refractivity contribution >= 4 is 40.7 Å². The Bertz CT molecular complexity index is 1850. The minimum Gasteiger partial charge on any atom is -0.394 e. The topological polar surface area (TPSA) is 405 Å². The highest BCUT2D eigenvalue weighted by molar-refractivity contribution is 5.89. The number of aromatic nitrogens is 4. The summed E-state index contributed by atoms with van der Waals surface area (Å²) < 4.78 is 23.3. The zero-order valence-electron chi connectivity index (χ0n) is 31.9. The number of aliphatic hydroxyl groups is 8. The van der Waals surface area contributed by atoms with Gasteiger partial charge in [0, 0.05) is 20.0 Å². The van der Waals surface area contributed by atoms with Gasteiger partial charge in [0.15, 0.2) is 29.8 Å². The van der Waals surface area contributed by atoms with E-state index in [0.717, 1.165) is 13.3 Å². The molecule has 2 aromatic rings. The van der Waals surface area contributed by atoms with E-state index < -0.39 is 141 Å². The van der Waals surface area contributed by atoms with E-state index in [9.17, 15) is 64.8 Å². The molecule has 26 heteroatoms. The number of ether oxygens (including phenoxy) is 4. The van der Waals surface area contributed by atoms with E-state index in [2.05, 4.69) is 36.2 Å². The normalized spacial score (nSPS) is 33.9. The van der Waals surface area contributed by atoms with Crippen molar-refractivity contribution < 1.29 is 79.0 Å². The third-order valence-electron chi connectivity index (χ3n) is 10.2. The minimum absolute atomic E-state index is 0.0362. The fourth-order valence-electron chi connectivity index (χ4n) is 6.89. The molecule has 3 aliphatic rings. The number of hydrogen-bond acceptors (Lipinski definition) is 20. The molecule has 330 valence electrons. The number of rotatable bonds is 16. The van der Waals surface area contributed by atoms with Crippen LogP contribution in [0, 0.1) is 0 Å². The molecule has 26 nitrogen and oxygen atoms in total. The first-order chi connectivity index (χ1) is 27.9. The molecule has 0 aliphatic carbocycles. The standard InChI is InChI=1S/C33H51N9O17/c1-11-19(46)23(50)24(51)26(57-11)30(55)39-13(5-3-4-6-35-16(45)9-56-32-17(38-12(2)44)22(49)21(48)15(8-43)59-32)28(53)36-7-14-20(47)25(52)31(58-14)42-10-37-18-27(42)40-33(34)41-29(18)54/h10-11,13-15,17,19-26,31-32,43,46-52H,3-9H2,1-2H3,(H,35,45)(H,36,53)(H,38,44)(H,39,55)(H3,34,40,41,54)/t11-,13-,14+,15+,17+,19+,20+,21+,22+,23+,24-,25+,26-,31+,32+/m0/s1. The first kappa shape index (κ1) is 45.6. The lowest BCUT2D eigenvalue weighted by Crippen LogP contribution is -2.64.